The van der Waals surface area contributed by atoms with Gasteiger partial charge in [0.1, 0.15) is 10.7 Å². The van der Waals surface area contributed by atoms with E-state index in [9.17, 15) is 13.2 Å². The number of rotatable bonds is 5. The van der Waals surface area contributed by atoms with E-state index >= 15 is 0 Å². The lowest BCUT2D eigenvalue weighted by Crippen LogP contribution is -2.28. The van der Waals surface area contributed by atoms with Gasteiger partial charge in [-0.05, 0) is 48.9 Å². The summed E-state index contributed by atoms with van der Waals surface area (Å²) >= 11 is 10.3. The summed E-state index contributed by atoms with van der Waals surface area (Å²) in [5, 5.41) is 0.765. The molecule has 7 nitrogen and oxygen atoms in total. The number of aromatic nitrogens is 2. The van der Waals surface area contributed by atoms with Crippen molar-refractivity contribution in [3.63, 3.8) is 0 Å². The maximum atomic E-state index is 13.1. The second kappa shape index (κ2) is 7.82. The standard InChI is InChI=1S/C20H16ClN3O4S2/c1-12-9-18(17(29)10-15(12)21)30(26,27)23-20-22-16-7-3-2-6-14(16)19(25)24(20)11-13-5-4-8-28-13/h2-10,29H,11H2,1H3,(H,22,23). The number of thiol groups is 1. The molecule has 154 valence electrons. The molecular formula is C20H16ClN3O4S2. The first-order valence-corrected chi connectivity index (χ1v) is 11.1. The predicted octanol–water partition coefficient (Wildman–Crippen LogP) is 4.09. The number of fused-ring (bicyclic) bond motifs is 1. The SMILES string of the molecule is Cc1cc(S(=O)(=O)Nc2nc3ccccc3c(=O)n2Cc2ccco2)c(S)cc1Cl. The van der Waals surface area contributed by atoms with Crippen LogP contribution in [0, 0.1) is 6.92 Å². The molecule has 0 bridgehead atoms. The Balaban J connectivity index is 1.87. The van der Waals surface area contributed by atoms with Crippen molar-refractivity contribution < 1.29 is 12.8 Å². The minimum atomic E-state index is -4.11. The van der Waals surface area contributed by atoms with Crippen molar-refractivity contribution in [1.29, 1.82) is 0 Å². The molecule has 2 aromatic carbocycles. The van der Waals surface area contributed by atoms with Gasteiger partial charge in [-0.15, -0.1) is 12.6 Å². The molecular weight excluding hydrogens is 446 g/mol. The lowest BCUT2D eigenvalue weighted by Gasteiger charge is -2.15. The van der Waals surface area contributed by atoms with E-state index in [0.717, 1.165) is 0 Å². The average molecular weight is 462 g/mol. The van der Waals surface area contributed by atoms with Gasteiger partial charge in [0.15, 0.2) is 0 Å². The fourth-order valence-corrected chi connectivity index (χ4v) is 4.95. The molecule has 2 aromatic heterocycles. The molecule has 0 amide bonds. The summed E-state index contributed by atoms with van der Waals surface area (Å²) in [7, 11) is -4.11. The fourth-order valence-electron chi connectivity index (χ4n) is 2.99. The number of hydrogen-bond acceptors (Lipinski definition) is 6. The zero-order chi connectivity index (χ0) is 21.5. The molecule has 30 heavy (non-hydrogen) atoms. The molecule has 0 saturated carbocycles. The first-order valence-electron chi connectivity index (χ1n) is 8.80. The van der Waals surface area contributed by atoms with Gasteiger partial charge in [0.25, 0.3) is 15.6 Å². The number of hydrogen-bond donors (Lipinski definition) is 2. The Kier molecular flexibility index (Phi) is 5.35. The van der Waals surface area contributed by atoms with Crippen molar-refractivity contribution in [1.82, 2.24) is 9.55 Å². The van der Waals surface area contributed by atoms with Crippen LogP contribution < -0.4 is 10.3 Å². The van der Waals surface area contributed by atoms with Crippen LogP contribution in [0.4, 0.5) is 5.95 Å². The molecule has 0 radical (unpaired) electrons. The maximum absolute atomic E-state index is 13.1. The van der Waals surface area contributed by atoms with E-state index in [2.05, 4.69) is 22.3 Å². The smallest absolute Gasteiger partial charge is 0.265 e. The van der Waals surface area contributed by atoms with Crippen molar-refractivity contribution in [2.75, 3.05) is 4.72 Å². The summed E-state index contributed by atoms with van der Waals surface area (Å²) in [5.41, 5.74) is 0.552. The molecule has 0 atom stereocenters. The number of nitrogens with zero attached hydrogens (tertiary/aromatic N) is 2. The molecule has 4 rings (SSSR count). The molecule has 0 unspecified atom stereocenters. The Morgan fingerprint density at radius 1 is 1.20 bits per heavy atom. The third kappa shape index (κ3) is 3.83. The lowest BCUT2D eigenvalue weighted by molar-refractivity contribution is 0.490. The van der Waals surface area contributed by atoms with E-state index in [1.807, 2.05) is 0 Å². The molecule has 4 aromatic rings. The predicted molar refractivity (Wildman–Crippen MR) is 118 cm³/mol. The van der Waals surface area contributed by atoms with E-state index in [1.165, 1.54) is 23.0 Å². The van der Waals surface area contributed by atoms with Gasteiger partial charge >= 0.3 is 0 Å². The van der Waals surface area contributed by atoms with E-state index < -0.39 is 15.6 Å². The number of furan rings is 1. The van der Waals surface area contributed by atoms with Gasteiger partial charge in [0.2, 0.25) is 5.95 Å². The number of para-hydroxylation sites is 1. The second-order valence-electron chi connectivity index (χ2n) is 6.60. The third-order valence-electron chi connectivity index (χ3n) is 4.51. The molecule has 0 aliphatic heterocycles. The van der Waals surface area contributed by atoms with E-state index in [1.54, 1.807) is 43.3 Å². The van der Waals surface area contributed by atoms with Gasteiger partial charge in [-0.25, -0.2) is 18.1 Å². The second-order valence-corrected chi connectivity index (χ2v) is 9.14. The van der Waals surface area contributed by atoms with Gasteiger partial charge in [0, 0.05) is 9.92 Å². The normalized spacial score (nSPS) is 11.7. The van der Waals surface area contributed by atoms with Crippen molar-refractivity contribution >= 4 is 51.1 Å². The molecule has 2 heterocycles. The number of nitrogens with one attached hydrogen (secondary N) is 1. The van der Waals surface area contributed by atoms with Crippen LogP contribution in [0.3, 0.4) is 0 Å². The molecule has 0 aliphatic carbocycles. The topological polar surface area (TPSA) is 94.2 Å². The van der Waals surface area contributed by atoms with Crippen molar-refractivity contribution in [3.05, 3.63) is 81.5 Å². The van der Waals surface area contributed by atoms with Gasteiger partial charge in [-0.3, -0.25) is 9.36 Å². The summed E-state index contributed by atoms with van der Waals surface area (Å²) in [6.45, 7) is 1.70. The Labute approximate surface area is 182 Å². The number of halogens is 1. The Hall–Kier alpha value is -2.75. The Morgan fingerprint density at radius 2 is 1.97 bits per heavy atom. The van der Waals surface area contributed by atoms with Crippen LogP contribution in [0.5, 0.6) is 0 Å². The van der Waals surface area contributed by atoms with Crippen LogP contribution in [0.2, 0.25) is 5.02 Å². The molecule has 0 saturated heterocycles. The zero-order valence-corrected chi connectivity index (χ0v) is 18.1. The van der Waals surface area contributed by atoms with Crippen LogP contribution in [-0.2, 0) is 16.6 Å². The minimum absolute atomic E-state index is 0.00883. The monoisotopic (exact) mass is 461 g/mol. The molecule has 1 N–H and O–H groups in total. The first kappa shape index (κ1) is 20.5. The highest BCUT2D eigenvalue weighted by atomic mass is 35.5. The first-order chi connectivity index (χ1) is 14.3. The minimum Gasteiger partial charge on any atom is -0.467 e. The van der Waals surface area contributed by atoms with Gasteiger partial charge in [0.05, 0.1) is 23.7 Å². The third-order valence-corrected chi connectivity index (χ3v) is 6.81. The number of aryl methyl sites for hydroxylation is 1. The number of anilines is 1. The summed E-state index contributed by atoms with van der Waals surface area (Å²) < 4.78 is 35.2. The summed E-state index contributed by atoms with van der Waals surface area (Å²) in [6, 6.07) is 13.0. The van der Waals surface area contributed by atoms with Crippen molar-refractivity contribution in [2.24, 2.45) is 0 Å². The van der Waals surface area contributed by atoms with E-state index in [-0.39, 0.29) is 22.3 Å². The van der Waals surface area contributed by atoms with E-state index in [4.69, 9.17) is 16.0 Å². The van der Waals surface area contributed by atoms with Crippen LogP contribution in [0.25, 0.3) is 10.9 Å². The summed E-state index contributed by atoms with van der Waals surface area (Å²) in [6.07, 6.45) is 1.47. The molecule has 10 heteroatoms. The molecule has 0 spiro atoms. The van der Waals surface area contributed by atoms with Crippen LogP contribution in [-0.4, -0.2) is 18.0 Å². The maximum Gasteiger partial charge on any atom is 0.265 e. The average Bonchev–Trinajstić information content (AvgIpc) is 3.20. The lowest BCUT2D eigenvalue weighted by atomic mass is 10.2. The van der Waals surface area contributed by atoms with Crippen molar-refractivity contribution in [2.45, 2.75) is 23.3 Å². The van der Waals surface area contributed by atoms with Gasteiger partial charge in [-0.1, -0.05) is 23.7 Å². The highest BCUT2D eigenvalue weighted by molar-refractivity contribution is 7.93. The molecule has 0 aliphatic rings. The van der Waals surface area contributed by atoms with Gasteiger partial charge in [-0.2, -0.15) is 0 Å². The summed E-state index contributed by atoms with van der Waals surface area (Å²) in [5.74, 6) is 0.349. The largest absolute Gasteiger partial charge is 0.467 e. The quantitative estimate of drug-likeness (QED) is 0.436. The summed E-state index contributed by atoms with van der Waals surface area (Å²) in [4.78, 5) is 17.6. The highest BCUT2D eigenvalue weighted by Gasteiger charge is 2.23. The number of sulfonamides is 1. The zero-order valence-electron chi connectivity index (χ0n) is 15.7. The fraction of sp³-hybridized carbons (Fsp3) is 0.100. The van der Waals surface area contributed by atoms with E-state index in [0.29, 0.717) is 27.2 Å². The Bertz CT molecular complexity index is 1410. The highest BCUT2D eigenvalue weighted by Crippen LogP contribution is 2.28. The van der Waals surface area contributed by atoms with Crippen LogP contribution >= 0.6 is 24.2 Å². The van der Waals surface area contributed by atoms with Crippen LogP contribution in [0.1, 0.15) is 11.3 Å². The number of benzene rings is 2. The Morgan fingerprint density at radius 3 is 2.70 bits per heavy atom. The van der Waals surface area contributed by atoms with Crippen LogP contribution in [0.15, 0.2) is 73.8 Å². The molecule has 0 fully saturated rings. The van der Waals surface area contributed by atoms with Crippen molar-refractivity contribution in [3.8, 4) is 0 Å². The van der Waals surface area contributed by atoms with Gasteiger partial charge < -0.3 is 4.42 Å².